The Morgan fingerprint density at radius 2 is 2.06 bits per heavy atom. The quantitative estimate of drug-likeness (QED) is 0.582. The van der Waals surface area contributed by atoms with Crippen LogP contribution in [-0.2, 0) is 10.0 Å². The van der Waals surface area contributed by atoms with Crippen LogP contribution in [0.3, 0.4) is 0 Å². The van der Waals surface area contributed by atoms with Crippen LogP contribution in [0, 0.1) is 5.92 Å². The molecule has 0 amide bonds. The summed E-state index contributed by atoms with van der Waals surface area (Å²) in [5.41, 5.74) is 0. The molecule has 1 aromatic heterocycles. The highest BCUT2D eigenvalue weighted by Gasteiger charge is 2.17. The third-order valence-electron chi connectivity index (χ3n) is 2.48. The number of unbranched alkanes of at least 4 members (excludes halogenated alkanes) is 1. The summed E-state index contributed by atoms with van der Waals surface area (Å²) in [4.78, 5) is 10.4. The highest BCUT2D eigenvalue weighted by molar-refractivity contribution is 7.89. The van der Waals surface area contributed by atoms with Gasteiger partial charge in [-0.05, 0) is 24.5 Å². The first kappa shape index (κ1) is 14.9. The fourth-order valence-electron chi connectivity index (χ4n) is 1.50. The summed E-state index contributed by atoms with van der Waals surface area (Å²) in [6.45, 7) is 4.65. The van der Waals surface area contributed by atoms with E-state index in [1.54, 1.807) is 0 Å². The molecule has 0 radical (unpaired) electrons. The van der Waals surface area contributed by atoms with Gasteiger partial charge in [-0.1, -0.05) is 26.7 Å². The Kier molecular flexibility index (Phi) is 5.55. The van der Waals surface area contributed by atoms with Crippen molar-refractivity contribution in [2.24, 2.45) is 5.92 Å². The Morgan fingerprint density at radius 1 is 1.33 bits per heavy atom. The predicted octanol–water partition coefficient (Wildman–Crippen LogP) is 2.20. The van der Waals surface area contributed by atoms with Gasteiger partial charge in [-0.3, -0.25) is 4.79 Å². The summed E-state index contributed by atoms with van der Waals surface area (Å²) >= 11 is 0. The van der Waals surface area contributed by atoms with Crippen LogP contribution in [0.5, 0.6) is 0 Å². The lowest BCUT2D eigenvalue weighted by Gasteiger charge is -2.05. The van der Waals surface area contributed by atoms with Crippen LogP contribution in [0.4, 0.5) is 0 Å². The van der Waals surface area contributed by atoms with Crippen LogP contribution < -0.4 is 4.72 Å². The minimum absolute atomic E-state index is 0.00943. The van der Waals surface area contributed by atoms with E-state index in [-0.39, 0.29) is 10.9 Å². The number of nitrogens with one attached hydrogen (secondary N) is 1. The van der Waals surface area contributed by atoms with Gasteiger partial charge in [0.1, 0.15) is 0 Å². The molecule has 0 aliphatic heterocycles. The van der Waals surface area contributed by atoms with E-state index >= 15 is 0 Å². The van der Waals surface area contributed by atoms with E-state index in [4.69, 9.17) is 4.42 Å². The number of hydrogen-bond acceptors (Lipinski definition) is 4. The number of sulfonamides is 1. The van der Waals surface area contributed by atoms with Crippen molar-refractivity contribution in [1.29, 1.82) is 0 Å². The molecular weight excluding hydrogens is 254 g/mol. The predicted molar refractivity (Wildman–Crippen MR) is 68.0 cm³/mol. The van der Waals surface area contributed by atoms with Crippen molar-refractivity contribution in [2.45, 2.75) is 38.2 Å². The number of carbonyl (C=O) groups excluding carboxylic acids is 1. The van der Waals surface area contributed by atoms with E-state index in [0.717, 1.165) is 19.3 Å². The van der Waals surface area contributed by atoms with Gasteiger partial charge in [0.05, 0.1) is 0 Å². The fraction of sp³-hybridized carbons (Fsp3) is 0.583. The molecule has 0 aliphatic rings. The Balaban J connectivity index is 2.43. The highest BCUT2D eigenvalue weighted by atomic mass is 32.2. The first-order valence-electron chi connectivity index (χ1n) is 6.00. The molecule has 0 spiro atoms. The zero-order chi connectivity index (χ0) is 13.6. The number of rotatable bonds is 8. The second kappa shape index (κ2) is 6.70. The van der Waals surface area contributed by atoms with Gasteiger partial charge in [0.15, 0.2) is 12.0 Å². The number of carbonyl (C=O) groups is 1. The van der Waals surface area contributed by atoms with Gasteiger partial charge < -0.3 is 4.42 Å². The Morgan fingerprint density at radius 3 is 2.61 bits per heavy atom. The van der Waals surface area contributed by atoms with Gasteiger partial charge in [0, 0.05) is 6.54 Å². The van der Waals surface area contributed by atoms with E-state index < -0.39 is 10.0 Å². The van der Waals surface area contributed by atoms with E-state index in [1.807, 2.05) is 0 Å². The zero-order valence-corrected chi connectivity index (χ0v) is 11.5. The van der Waals surface area contributed by atoms with Crippen LogP contribution in [0.15, 0.2) is 21.6 Å². The lowest BCUT2D eigenvalue weighted by Crippen LogP contribution is -2.24. The van der Waals surface area contributed by atoms with Gasteiger partial charge >= 0.3 is 0 Å². The van der Waals surface area contributed by atoms with Crippen molar-refractivity contribution in [3.05, 3.63) is 17.9 Å². The second-order valence-corrected chi connectivity index (χ2v) is 6.26. The first-order chi connectivity index (χ1) is 8.45. The monoisotopic (exact) mass is 273 g/mol. The largest absolute Gasteiger partial charge is 0.440 e. The molecule has 0 saturated carbocycles. The molecule has 1 aromatic rings. The Bertz CT molecular complexity index is 476. The van der Waals surface area contributed by atoms with Crippen LogP contribution in [0.25, 0.3) is 0 Å². The molecule has 1 N–H and O–H groups in total. The molecule has 0 atom stereocenters. The van der Waals surface area contributed by atoms with E-state index in [2.05, 4.69) is 18.6 Å². The molecule has 102 valence electrons. The van der Waals surface area contributed by atoms with Gasteiger partial charge in [-0.25, -0.2) is 13.1 Å². The molecule has 0 aliphatic carbocycles. The normalized spacial score (nSPS) is 11.9. The maximum Gasteiger partial charge on any atom is 0.273 e. The lowest BCUT2D eigenvalue weighted by molar-refractivity contribution is 0.109. The molecule has 1 rings (SSSR count). The Labute approximate surface area is 108 Å². The van der Waals surface area contributed by atoms with Gasteiger partial charge in [0.2, 0.25) is 5.09 Å². The first-order valence-corrected chi connectivity index (χ1v) is 7.48. The van der Waals surface area contributed by atoms with Gasteiger partial charge in [0.25, 0.3) is 10.0 Å². The van der Waals surface area contributed by atoms with Crippen LogP contribution in [0.2, 0.25) is 0 Å². The average molecular weight is 273 g/mol. The van der Waals surface area contributed by atoms with Gasteiger partial charge in [-0.15, -0.1) is 0 Å². The molecular formula is C12H19NO4S. The highest BCUT2D eigenvalue weighted by Crippen LogP contribution is 2.12. The summed E-state index contributed by atoms with van der Waals surface area (Å²) < 4.78 is 30.8. The fourth-order valence-corrected chi connectivity index (χ4v) is 2.51. The Hall–Kier alpha value is -1.14. The van der Waals surface area contributed by atoms with Crippen LogP contribution >= 0.6 is 0 Å². The van der Waals surface area contributed by atoms with Crippen molar-refractivity contribution in [3.8, 4) is 0 Å². The lowest BCUT2D eigenvalue weighted by atomic mass is 10.1. The van der Waals surface area contributed by atoms with Crippen LogP contribution in [0.1, 0.15) is 43.7 Å². The van der Waals surface area contributed by atoms with Crippen molar-refractivity contribution >= 4 is 16.3 Å². The molecule has 6 heteroatoms. The topological polar surface area (TPSA) is 76.4 Å². The number of furan rings is 1. The molecule has 0 saturated heterocycles. The van der Waals surface area contributed by atoms with E-state index in [0.29, 0.717) is 18.7 Å². The summed E-state index contributed by atoms with van der Waals surface area (Å²) in [5, 5.41) is -0.214. The summed E-state index contributed by atoms with van der Waals surface area (Å²) in [6.07, 6.45) is 3.33. The number of aldehydes is 1. The summed E-state index contributed by atoms with van der Waals surface area (Å²) in [6, 6.07) is 2.61. The van der Waals surface area contributed by atoms with Crippen molar-refractivity contribution in [2.75, 3.05) is 6.54 Å². The molecule has 5 nitrogen and oxygen atoms in total. The number of hydrogen-bond donors (Lipinski definition) is 1. The molecule has 0 aromatic carbocycles. The third-order valence-corrected chi connectivity index (χ3v) is 3.82. The molecule has 0 fully saturated rings. The van der Waals surface area contributed by atoms with E-state index in [9.17, 15) is 13.2 Å². The van der Waals surface area contributed by atoms with Crippen LogP contribution in [-0.4, -0.2) is 21.2 Å². The average Bonchev–Trinajstić information content (AvgIpc) is 2.77. The van der Waals surface area contributed by atoms with Crippen molar-refractivity contribution in [1.82, 2.24) is 4.72 Å². The second-order valence-electron chi connectivity index (χ2n) is 4.56. The standard InChI is InChI=1S/C12H19NO4S/c1-10(2)5-3-4-8-13-18(15,16)12-7-6-11(9-14)17-12/h6-7,9-10,13H,3-5,8H2,1-2H3. The minimum Gasteiger partial charge on any atom is -0.440 e. The van der Waals surface area contributed by atoms with Crippen molar-refractivity contribution < 1.29 is 17.6 Å². The summed E-state index contributed by atoms with van der Waals surface area (Å²) in [7, 11) is -3.63. The molecule has 0 bridgehead atoms. The zero-order valence-electron chi connectivity index (χ0n) is 10.7. The maximum absolute atomic E-state index is 11.7. The maximum atomic E-state index is 11.7. The van der Waals surface area contributed by atoms with E-state index in [1.165, 1.54) is 12.1 Å². The van der Waals surface area contributed by atoms with Crippen molar-refractivity contribution in [3.63, 3.8) is 0 Å². The summed E-state index contributed by atoms with van der Waals surface area (Å²) in [5.74, 6) is 0.636. The molecule has 0 unspecified atom stereocenters. The molecule has 1 heterocycles. The van der Waals surface area contributed by atoms with Gasteiger partial charge in [-0.2, -0.15) is 0 Å². The third kappa shape index (κ3) is 4.62. The smallest absolute Gasteiger partial charge is 0.273 e. The minimum atomic E-state index is -3.63. The SMILES string of the molecule is CC(C)CCCCNS(=O)(=O)c1ccc(C=O)o1. The molecule has 18 heavy (non-hydrogen) atoms.